The van der Waals surface area contributed by atoms with E-state index in [1.807, 2.05) is 0 Å². The highest BCUT2D eigenvalue weighted by Gasteiger charge is 2.15. The smallest absolute Gasteiger partial charge is 0.407 e. The second kappa shape index (κ2) is 2.53. The van der Waals surface area contributed by atoms with Crippen LogP contribution in [0.25, 0.3) is 0 Å². The van der Waals surface area contributed by atoms with Gasteiger partial charge in [-0.15, -0.1) is 0 Å². The van der Waals surface area contributed by atoms with Gasteiger partial charge in [-0.25, -0.2) is 4.79 Å². The summed E-state index contributed by atoms with van der Waals surface area (Å²) < 4.78 is 4.77. The molecule has 0 saturated carbocycles. The van der Waals surface area contributed by atoms with Crippen LogP contribution in [0.15, 0.2) is 12.7 Å². The highest BCUT2D eigenvalue weighted by atomic mass is 16.6. The van der Waals surface area contributed by atoms with Gasteiger partial charge in [0.05, 0.1) is 0 Å². The Kier molecular flexibility index (Phi) is 1.72. The molecule has 1 rings (SSSR count). The molecule has 1 unspecified atom stereocenters. The van der Waals surface area contributed by atoms with Crippen LogP contribution in [0.4, 0.5) is 4.79 Å². The molecule has 0 aliphatic carbocycles. The second-order valence-electron chi connectivity index (χ2n) is 1.89. The van der Waals surface area contributed by atoms with E-state index in [1.54, 1.807) is 6.08 Å². The van der Waals surface area contributed by atoms with Gasteiger partial charge in [0, 0.05) is 13.0 Å². The average Bonchev–Trinajstić information content (AvgIpc) is 1.88. The van der Waals surface area contributed by atoms with Crippen molar-refractivity contribution in [1.29, 1.82) is 0 Å². The monoisotopic (exact) mass is 127 g/mol. The van der Waals surface area contributed by atoms with Gasteiger partial charge in [-0.2, -0.15) is 0 Å². The second-order valence-corrected chi connectivity index (χ2v) is 1.89. The Morgan fingerprint density at radius 3 is 3.11 bits per heavy atom. The minimum Gasteiger partial charge on any atom is -0.442 e. The molecule has 9 heavy (non-hydrogen) atoms. The summed E-state index contributed by atoms with van der Waals surface area (Å²) in [7, 11) is 0. The maximum Gasteiger partial charge on any atom is 0.407 e. The zero-order valence-electron chi connectivity index (χ0n) is 5.09. The van der Waals surface area contributed by atoms with E-state index < -0.39 is 0 Å². The largest absolute Gasteiger partial charge is 0.442 e. The van der Waals surface area contributed by atoms with Crippen molar-refractivity contribution in [2.24, 2.45) is 0 Å². The number of carbonyl (C=O) groups excluding carboxylic acids is 1. The van der Waals surface area contributed by atoms with E-state index in [1.165, 1.54) is 0 Å². The van der Waals surface area contributed by atoms with Crippen LogP contribution in [-0.2, 0) is 4.74 Å². The Hall–Kier alpha value is -0.990. The van der Waals surface area contributed by atoms with Gasteiger partial charge in [-0.05, 0) is 0 Å². The number of alkyl carbamates (subject to hydrolysis) is 1. The Morgan fingerprint density at radius 1 is 1.89 bits per heavy atom. The molecule has 1 aliphatic rings. The Bertz CT molecular complexity index is 133. The van der Waals surface area contributed by atoms with Crippen LogP contribution in [-0.4, -0.2) is 18.7 Å². The first-order chi connectivity index (χ1) is 4.33. The Balaban J connectivity index is 2.40. The molecule has 0 aromatic carbocycles. The summed E-state index contributed by atoms with van der Waals surface area (Å²) in [6, 6.07) is 0. The average molecular weight is 127 g/mol. The maximum atomic E-state index is 10.5. The Labute approximate surface area is 53.7 Å². The first-order valence-corrected chi connectivity index (χ1v) is 2.90. The number of nitrogens with one attached hydrogen (secondary N) is 1. The topological polar surface area (TPSA) is 38.3 Å². The molecule has 0 aromatic rings. The van der Waals surface area contributed by atoms with Gasteiger partial charge in [-0.1, -0.05) is 12.7 Å². The van der Waals surface area contributed by atoms with Crippen LogP contribution in [0, 0.1) is 0 Å². The zero-order valence-corrected chi connectivity index (χ0v) is 5.09. The van der Waals surface area contributed by atoms with Crippen molar-refractivity contribution in [1.82, 2.24) is 5.32 Å². The van der Waals surface area contributed by atoms with Crippen LogP contribution in [0.2, 0.25) is 0 Å². The summed E-state index contributed by atoms with van der Waals surface area (Å²) in [5.74, 6) is 0. The molecule has 1 aliphatic heterocycles. The van der Waals surface area contributed by atoms with Gasteiger partial charge in [0.2, 0.25) is 0 Å². The predicted octanol–water partition coefficient (Wildman–Crippen LogP) is 0.671. The molecular formula is C6H9NO2. The molecule has 0 bridgehead atoms. The molecule has 1 N–H and O–H groups in total. The molecule has 1 heterocycles. The van der Waals surface area contributed by atoms with Crippen molar-refractivity contribution in [3.63, 3.8) is 0 Å². The molecule has 3 heteroatoms. The highest BCUT2D eigenvalue weighted by Crippen LogP contribution is 2.03. The minimum absolute atomic E-state index is 0.0845. The maximum absolute atomic E-state index is 10.5. The van der Waals surface area contributed by atoms with E-state index in [2.05, 4.69) is 11.9 Å². The van der Waals surface area contributed by atoms with E-state index in [-0.39, 0.29) is 12.2 Å². The van der Waals surface area contributed by atoms with Crippen LogP contribution in [0.1, 0.15) is 6.42 Å². The van der Waals surface area contributed by atoms with Crippen LogP contribution in [0.3, 0.4) is 0 Å². The lowest BCUT2D eigenvalue weighted by atomic mass is 10.2. The lowest BCUT2D eigenvalue weighted by molar-refractivity contribution is 0.0978. The van der Waals surface area contributed by atoms with Crippen LogP contribution in [0.5, 0.6) is 0 Å². The van der Waals surface area contributed by atoms with Crippen LogP contribution < -0.4 is 5.32 Å². The van der Waals surface area contributed by atoms with Crippen molar-refractivity contribution in [2.45, 2.75) is 12.5 Å². The molecule has 0 spiro atoms. The number of amides is 1. The van der Waals surface area contributed by atoms with E-state index >= 15 is 0 Å². The molecule has 1 amide bonds. The summed E-state index contributed by atoms with van der Waals surface area (Å²) in [6.07, 6.45) is 2.04. The lowest BCUT2D eigenvalue weighted by Gasteiger charge is -2.19. The highest BCUT2D eigenvalue weighted by molar-refractivity contribution is 5.68. The molecule has 3 nitrogen and oxygen atoms in total. The van der Waals surface area contributed by atoms with Gasteiger partial charge in [0.15, 0.2) is 0 Å². The normalized spacial score (nSPS) is 26.2. The molecule has 50 valence electrons. The summed E-state index contributed by atoms with van der Waals surface area (Å²) >= 11 is 0. The molecule has 1 saturated heterocycles. The van der Waals surface area contributed by atoms with Gasteiger partial charge in [0.1, 0.15) is 6.10 Å². The summed E-state index contributed by atoms with van der Waals surface area (Å²) in [6.45, 7) is 4.20. The Morgan fingerprint density at radius 2 is 2.67 bits per heavy atom. The van der Waals surface area contributed by atoms with Gasteiger partial charge in [0.25, 0.3) is 0 Å². The van der Waals surface area contributed by atoms with Crippen molar-refractivity contribution in [3.05, 3.63) is 12.7 Å². The summed E-state index contributed by atoms with van der Waals surface area (Å²) in [5, 5.41) is 2.54. The van der Waals surface area contributed by atoms with Crippen molar-refractivity contribution < 1.29 is 9.53 Å². The van der Waals surface area contributed by atoms with E-state index in [0.29, 0.717) is 6.54 Å². The van der Waals surface area contributed by atoms with E-state index in [0.717, 1.165) is 6.42 Å². The number of hydrogen-bond acceptors (Lipinski definition) is 2. The summed E-state index contributed by atoms with van der Waals surface area (Å²) in [4.78, 5) is 10.5. The van der Waals surface area contributed by atoms with E-state index in [4.69, 9.17) is 4.74 Å². The minimum atomic E-state index is -0.342. The SMILES string of the molecule is C=CC1CCNC(=O)O1. The van der Waals surface area contributed by atoms with E-state index in [9.17, 15) is 4.79 Å². The third-order valence-electron chi connectivity index (χ3n) is 1.22. The lowest BCUT2D eigenvalue weighted by Crippen LogP contribution is -2.36. The molecule has 0 radical (unpaired) electrons. The van der Waals surface area contributed by atoms with Crippen LogP contribution >= 0.6 is 0 Å². The van der Waals surface area contributed by atoms with Crippen molar-refractivity contribution in [2.75, 3.05) is 6.54 Å². The third kappa shape index (κ3) is 1.45. The summed E-state index contributed by atoms with van der Waals surface area (Å²) in [5.41, 5.74) is 0. The van der Waals surface area contributed by atoms with Gasteiger partial charge in [-0.3, -0.25) is 0 Å². The number of ether oxygens (including phenoxy) is 1. The van der Waals surface area contributed by atoms with Crippen molar-refractivity contribution >= 4 is 6.09 Å². The number of rotatable bonds is 1. The zero-order chi connectivity index (χ0) is 6.69. The molecular weight excluding hydrogens is 118 g/mol. The third-order valence-corrected chi connectivity index (χ3v) is 1.22. The first kappa shape index (κ1) is 6.13. The fourth-order valence-electron chi connectivity index (χ4n) is 0.721. The molecule has 1 atom stereocenters. The fraction of sp³-hybridized carbons (Fsp3) is 0.500. The van der Waals surface area contributed by atoms with Gasteiger partial charge >= 0.3 is 6.09 Å². The first-order valence-electron chi connectivity index (χ1n) is 2.90. The molecule has 0 aromatic heterocycles. The molecule has 1 fully saturated rings. The fourth-order valence-corrected chi connectivity index (χ4v) is 0.721. The number of cyclic esters (lactones) is 1. The standard InChI is InChI=1S/C6H9NO2/c1-2-5-3-4-7-6(8)9-5/h2,5H,1,3-4H2,(H,7,8). The predicted molar refractivity (Wildman–Crippen MR) is 33.1 cm³/mol. The number of hydrogen-bond donors (Lipinski definition) is 1. The number of carbonyl (C=O) groups is 1. The van der Waals surface area contributed by atoms with Crippen molar-refractivity contribution in [3.8, 4) is 0 Å². The van der Waals surface area contributed by atoms with Gasteiger partial charge < -0.3 is 10.1 Å². The quantitative estimate of drug-likeness (QED) is 0.526.